The summed E-state index contributed by atoms with van der Waals surface area (Å²) in [6.07, 6.45) is 10.1. The van der Waals surface area contributed by atoms with E-state index in [0.717, 1.165) is 95.5 Å². The van der Waals surface area contributed by atoms with E-state index in [9.17, 15) is 19.6 Å². The van der Waals surface area contributed by atoms with Crippen molar-refractivity contribution in [1.29, 1.82) is 5.26 Å². The molecule has 0 N–H and O–H groups in total. The lowest BCUT2D eigenvalue weighted by molar-refractivity contribution is -0.135. The lowest BCUT2D eigenvalue weighted by atomic mass is 9.96. The molecular weight excluding hydrogens is 492 g/mol. The standard InChI is InChI=1S/C27H30N4O3S2/c1-17-13-19(18(2)31(17)26-21(15-28)20-9-5-6-10-22(20)35-26)14-23-25(33)30(27(34)36-23)16-24(32)29-11-7-3-4-8-12-29/h13-14H,3-12,16H2,1-2H3. The number of carbonyl (C=O) groups excluding carboxylic acids is 3. The van der Waals surface area contributed by atoms with Gasteiger partial charge in [-0.15, -0.1) is 11.3 Å². The van der Waals surface area contributed by atoms with Crippen LogP contribution in [0.5, 0.6) is 0 Å². The van der Waals surface area contributed by atoms with Crippen LogP contribution in [0.3, 0.4) is 0 Å². The number of imide groups is 1. The summed E-state index contributed by atoms with van der Waals surface area (Å²) in [5.74, 6) is -0.577. The van der Waals surface area contributed by atoms with Crippen molar-refractivity contribution in [3.63, 3.8) is 0 Å². The molecule has 0 atom stereocenters. The fourth-order valence-corrected chi connectivity index (χ4v) is 7.68. The van der Waals surface area contributed by atoms with Crippen molar-refractivity contribution in [3.8, 4) is 11.1 Å². The van der Waals surface area contributed by atoms with Gasteiger partial charge in [0.05, 0.1) is 10.5 Å². The molecule has 2 fully saturated rings. The first-order chi connectivity index (χ1) is 17.4. The van der Waals surface area contributed by atoms with Crippen molar-refractivity contribution in [2.24, 2.45) is 0 Å². The predicted molar refractivity (Wildman–Crippen MR) is 142 cm³/mol. The average Bonchev–Trinajstić information content (AvgIpc) is 3.32. The van der Waals surface area contributed by atoms with Crippen LogP contribution in [0.25, 0.3) is 11.1 Å². The molecule has 4 heterocycles. The van der Waals surface area contributed by atoms with E-state index in [1.807, 2.05) is 19.9 Å². The Morgan fingerprint density at radius 2 is 1.81 bits per heavy atom. The van der Waals surface area contributed by atoms with E-state index in [-0.39, 0.29) is 12.5 Å². The number of hydrogen-bond acceptors (Lipinski definition) is 6. The average molecular weight is 523 g/mol. The van der Waals surface area contributed by atoms with Crippen LogP contribution in [0, 0.1) is 25.2 Å². The highest BCUT2D eigenvalue weighted by molar-refractivity contribution is 8.18. The van der Waals surface area contributed by atoms with Crippen molar-refractivity contribution < 1.29 is 14.4 Å². The van der Waals surface area contributed by atoms with Crippen LogP contribution in [-0.2, 0) is 22.4 Å². The van der Waals surface area contributed by atoms with E-state index in [0.29, 0.717) is 18.0 Å². The fraction of sp³-hybridized carbons (Fsp3) is 0.481. The lowest BCUT2D eigenvalue weighted by Crippen LogP contribution is -2.42. The van der Waals surface area contributed by atoms with E-state index in [4.69, 9.17) is 0 Å². The molecule has 3 aliphatic rings. The van der Waals surface area contributed by atoms with Gasteiger partial charge in [-0.1, -0.05) is 12.8 Å². The van der Waals surface area contributed by atoms with Crippen LogP contribution >= 0.6 is 23.1 Å². The van der Waals surface area contributed by atoms with E-state index in [1.54, 1.807) is 22.3 Å². The molecule has 2 saturated heterocycles. The molecule has 9 heteroatoms. The summed E-state index contributed by atoms with van der Waals surface area (Å²) in [6, 6.07) is 4.43. The van der Waals surface area contributed by atoms with Crippen LogP contribution in [-0.4, -0.2) is 51.1 Å². The molecule has 5 rings (SSSR count). The Hall–Kier alpha value is -2.83. The second-order valence-electron chi connectivity index (χ2n) is 9.73. The van der Waals surface area contributed by atoms with Gasteiger partial charge in [0.1, 0.15) is 17.6 Å². The smallest absolute Gasteiger partial charge is 0.294 e. The number of hydrogen-bond donors (Lipinski definition) is 0. The molecule has 36 heavy (non-hydrogen) atoms. The number of nitriles is 1. The summed E-state index contributed by atoms with van der Waals surface area (Å²) >= 11 is 2.58. The number of aromatic nitrogens is 1. The van der Waals surface area contributed by atoms with Crippen LogP contribution < -0.4 is 0 Å². The minimum Gasteiger partial charge on any atom is -0.341 e. The number of thioether (sulfide) groups is 1. The van der Waals surface area contributed by atoms with Gasteiger partial charge in [-0.25, -0.2) is 0 Å². The Bertz CT molecular complexity index is 1310. The third-order valence-electron chi connectivity index (χ3n) is 7.35. The first kappa shape index (κ1) is 24.8. The largest absolute Gasteiger partial charge is 0.341 e. The van der Waals surface area contributed by atoms with Crippen molar-refractivity contribution in [1.82, 2.24) is 14.4 Å². The summed E-state index contributed by atoms with van der Waals surface area (Å²) < 4.78 is 2.10. The van der Waals surface area contributed by atoms with Gasteiger partial charge in [0.2, 0.25) is 5.91 Å². The maximum atomic E-state index is 13.1. The lowest BCUT2D eigenvalue weighted by Gasteiger charge is -2.22. The van der Waals surface area contributed by atoms with Gasteiger partial charge in [-0.05, 0) is 87.4 Å². The summed E-state index contributed by atoms with van der Waals surface area (Å²) in [7, 11) is 0. The minimum absolute atomic E-state index is 0.163. The topological polar surface area (TPSA) is 86.4 Å². The summed E-state index contributed by atoms with van der Waals surface area (Å²) in [5, 5.41) is 10.5. The zero-order valence-corrected chi connectivity index (χ0v) is 22.4. The molecule has 0 unspecified atom stereocenters. The number of thiophene rings is 1. The van der Waals surface area contributed by atoms with Gasteiger partial charge in [-0.3, -0.25) is 19.3 Å². The van der Waals surface area contributed by atoms with E-state index < -0.39 is 11.1 Å². The molecule has 0 spiro atoms. The number of nitrogens with zero attached hydrogens (tertiary/aromatic N) is 4. The van der Waals surface area contributed by atoms with Crippen molar-refractivity contribution in [2.75, 3.05) is 19.6 Å². The molecule has 0 radical (unpaired) electrons. The summed E-state index contributed by atoms with van der Waals surface area (Å²) in [6.45, 7) is 5.15. The molecule has 3 amide bonds. The molecular formula is C27H30N4O3S2. The SMILES string of the molecule is Cc1cc(C=C2SC(=O)N(CC(=O)N3CCCCCC3)C2=O)c(C)n1-c1sc2c(c1C#N)CCCC2. The van der Waals surface area contributed by atoms with Gasteiger partial charge >= 0.3 is 0 Å². The Kier molecular flexibility index (Phi) is 7.09. The first-order valence-electron chi connectivity index (χ1n) is 12.7. The van der Waals surface area contributed by atoms with Gasteiger partial charge in [0.25, 0.3) is 11.1 Å². The molecule has 2 aromatic heterocycles. The number of carbonyl (C=O) groups is 3. The Morgan fingerprint density at radius 1 is 1.08 bits per heavy atom. The van der Waals surface area contributed by atoms with E-state index >= 15 is 0 Å². The van der Waals surface area contributed by atoms with Crippen molar-refractivity contribution >= 4 is 46.2 Å². The van der Waals surface area contributed by atoms with Crippen LogP contribution in [0.15, 0.2) is 11.0 Å². The number of amides is 3. The Labute approximate surface area is 219 Å². The minimum atomic E-state index is -0.415. The predicted octanol–water partition coefficient (Wildman–Crippen LogP) is 5.35. The number of likely N-dealkylation sites (tertiary alicyclic amines) is 1. The van der Waals surface area contributed by atoms with Gasteiger partial charge in [0, 0.05) is 29.4 Å². The quantitative estimate of drug-likeness (QED) is 0.506. The molecule has 0 bridgehead atoms. The van der Waals surface area contributed by atoms with Crippen LogP contribution in [0.2, 0.25) is 0 Å². The summed E-state index contributed by atoms with van der Waals surface area (Å²) in [5.41, 5.74) is 4.69. The number of fused-ring (bicyclic) bond motifs is 1. The fourth-order valence-electron chi connectivity index (χ4n) is 5.40. The molecule has 0 saturated carbocycles. The highest BCUT2D eigenvalue weighted by atomic mass is 32.2. The Morgan fingerprint density at radius 3 is 2.53 bits per heavy atom. The second kappa shape index (κ2) is 10.3. The van der Waals surface area contributed by atoms with E-state index in [1.165, 1.54) is 10.4 Å². The zero-order chi connectivity index (χ0) is 25.4. The number of rotatable bonds is 4. The normalized spacial score (nSPS) is 19.5. The molecule has 7 nitrogen and oxygen atoms in total. The third kappa shape index (κ3) is 4.53. The molecule has 0 aromatic carbocycles. The zero-order valence-electron chi connectivity index (χ0n) is 20.8. The van der Waals surface area contributed by atoms with E-state index in [2.05, 4.69) is 10.6 Å². The molecule has 1 aliphatic carbocycles. The van der Waals surface area contributed by atoms with Crippen LogP contribution in [0.1, 0.15) is 71.5 Å². The second-order valence-corrected chi connectivity index (χ2v) is 11.8. The maximum absolute atomic E-state index is 13.1. The molecule has 188 valence electrons. The van der Waals surface area contributed by atoms with Crippen molar-refractivity contribution in [2.45, 2.75) is 65.2 Å². The molecule has 2 aliphatic heterocycles. The van der Waals surface area contributed by atoms with Crippen LogP contribution in [0.4, 0.5) is 4.79 Å². The first-order valence-corrected chi connectivity index (χ1v) is 14.3. The molecule has 2 aromatic rings. The number of aryl methyl sites for hydroxylation is 2. The highest BCUT2D eigenvalue weighted by Crippen LogP contribution is 2.39. The monoisotopic (exact) mass is 522 g/mol. The maximum Gasteiger partial charge on any atom is 0.294 e. The van der Waals surface area contributed by atoms with Gasteiger partial charge in [0.15, 0.2) is 0 Å². The summed E-state index contributed by atoms with van der Waals surface area (Å²) in [4.78, 5) is 43.0. The Balaban J connectivity index is 1.40. The van der Waals surface area contributed by atoms with Crippen molar-refractivity contribution in [3.05, 3.63) is 43.9 Å². The van der Waals surface area contributed by atoms with Gasteiger partial charge in [-0.2, -0.15) is 5.26 Å². The highest BCUT2D eigenvalue weighted by Gasteiger charge is 2.37. The third-order valence-corrected chi connectivity index (χ3v) is 9.53. The van der Waals surface area contributed by atoms with Gasteiger partial charge < -0.3 is 9.47 Å².